The van der Waals surface area contributed by atoms with Gasteiger partial charge in [0.15, 0.2) is 4.96 Å². The molecule has 0 aliphatic heterocycles. The summed E-state index contributed by atoms with van der Waals surface area (Å²) < 4.78 is 6.13. The fraction of sp³-hybridized carbons (Fsp3) is 0.467. The van der Waals surface area contributed by atoms with Crippen LogP contribution in [0.15, 0.2) is 11.0 Å². The lowest BCUT2D eigenvalue weighted by Gasteiger charge is -2.15. The van der Waals surface area contributed by atoms with Gasteiger partial charge >= 0.3 is 5.97 Å². The number of rotatable bonds is 6. The number of hydrogen-bond acceptors (Lipinski definition) is 7. The van der Waals surface area contributed by atoms with Gasteiger partial charge in [-0.2, -0.15) is 11.8 Å². The standard InChI is InChI=1S/C15H19N3O4S2/c1-8-9(2)24-15-16-7-10(13(20)18(8)15)12(19)17-11(5-6-23-4)14(21)22-3/h7,11H,5-6H2,1-4H3,(H,17,19)/t11-/m1/s1. The maximum absolute atomic E-state index is 12.6. The Labute approximate surface area is 147 Å². The second-order valence-electron chi connectivity index (χ2n) is 5.17. The molecule has 1 atom stereocenters. The maximum atomic E-state index is 12.6. The van der Waals surface area contributed by atoms with Gasteiger partial charge in [0.05, 0.1) is 7.11 Å². The Bertz CT molecular complexity index is 828. The molecule has 0 spiro atoms. The Morgan fingerprint density at radius 3 is 2.79 bits per heavy atom. The van der Waals surface area contributed by atoms with Crippen molar-refractivity contribution in [1.29, 1.82) is 0 Å². The minimum Gasteiger partial charge on any atom is -0.467 e. The zero-order valence-corrected chi connectivity index (χ0v) is 15.5. The number of nitrogens with one attached hydrogen (secondary N) is 1. The number of thiazole rings is 1. The molecule has 1 amide bonds. The molecule has 0 saturated heterocycles. The van der Waals surface area contributed by atoms with Crippen molar-refractivity contribution in [2.45, 2.75) is 26.3 Å². The van der Waals surface area contributed by atoms with E-state index < -0.39 is 23.5 Å². The molecule has 7 nitrogen and oxygen atoms in total. The van der Waals surface area contributed by atoms with E-state index in [9.17, 15) is 14.4 Å². The van der Waals surface area contributed by atoms with Crippen LogP contribution in [0.3, 0.4) is 0 Å². The number of thioether (sulfide) groups is 1. The third-order valence-corrected chi connectivity index (χ3v) is 5.38. The molecular weight excluding hydrogens is 350 g/mol. The predicted octanol–water partition coefficient (Wildman–Crippen LogP) is 1.40. The lowest BCUT2D eigenvalue weighted by Crippen LogP contribution is -2.43. The van der Waals surface area contributed by atoms with E-state index in [4.69, 9.17) is 4.74 Å². The summed E-state index contributed by atoms with van der Waals surface area (Å²) in [6.45, 7) is 3.70. The number of fused-ring (bicyclic) bond motifs is 1. The van der Waals surface area contributed by atoms with Crippen LogP contribution in [-0.4, -0.2) is 46.4 Å². The lowest BCUT2D eigenvalue weighted by molar-refractivity contribution is -0.142. The largest absolute Gasteiger partial charge is 0.467 e. The van der Waals surface area contributed by atoms with E-state index in [-0.39, 0.29) is 5.56 Å². The minimum atomic E-state index is -0.791. The summed E-state index contributed by atoms with van der Waals surface area (Å²) in [6.07, 6.45) is 3.58. The van der Waals surface area contributed by atoms with Gasteiger partial charge in [-0.15, -0.1) is 11.3 Å². The first-order chi connectivity index (χ1) is 11.4. The van der Waals surface area contributed by atoms with Gasteiger partial charge in [-0.05, 0) is 32.3 Å². The molecule has 0 aromatic carbocycles. The number of nitrogens with zero attached hydrogens (tertiary/aromatic N) is 2. The van der Waals surface area contributed by atoms with Crippen LogP contribution in [0.25, 0.3) is 4.96 Å². The molecule has 0 aliphatic carbocycles. The number of amides is 1. The number of carbonyl (C=O) groups excluding carboxylic acids is 2. The second kappa shape index (κ2) is 7.80. The van der Waals surface area contributed by atoms with Crippen LogP contribution < -0.4 is 10.9 Å². The molecular formula is C15H19N3O4S2. The Kier molecular flexibility index (Phi) is 6.00. The molecule has 1 N–H and O–H groups in total. The van der Waals surface area contributed by atoms with E-state index >= 15 is 0 Å². The average Bonchev–Trinajstić information content (AvgIpc) is 2.86. The van der Waals surface area contributed by atoms with Gasteiger partial charge in [0.2, 0.25) is 0 Å². The molecule has 0 unspecified atom stereocenters. The highest BCUT2D eigenvalue weighted by Gasteiger charge is 2.24. The zero-order valence-electron chi connectivity index (χ0n) is 13.9. The van der Waals surface area contributed by atoms with Gasteiger partial charge in [0.1, 0.15) is 11.6 Å². The van der Waals surface area contributed by atoms with E-state index in [1.165, 1.54) is 29.0 Å². The molecule has 24 heavy (non-hydrogen) atoms. The zero-order chi connectivity index (χ0) is 17.9. The fourth-order valence-electron chi connectivity index (χ4n) is 2.19. The van der Waals surface area contributed by atoms with Gasteiger partial charge in [0.25, 0.3) is 11.5 Å². The molecule has 0 saturated carbocycles. The van der Waals surface area contributed by atoms with E-state index in [0.717, 1.165) is 10.6 Å². The number of hydrogen-bond donors (Lipinski definition) is 1. The highest BCUT2D eigenvalue weighted by Crippen LogP contribution is 2.18. The smallest absolute Gasteiger partial charge is 0.328 e. The third kappa shape index (κ3) is 3.62. The van der Waals surface area contributed by atoms with Crippen molar-refractivity contribution >= 4 is 39.9 Å². The predicted molar refractivity (Wildman–Crippen MR) is 95.1 cm³/mol. The third-order valence-electron chi connectivity index (χ3n) is 3.66. The molecule has 2 aromatic heterocycles. The van der Waals surface area contributed by atoms with Crippen LogP contribution in [0.2, 0.25) is 0 Å². The molecule has 130 valence electrons. The van der Waals surface area contributed by atoms with Crippen LogP contribution in [0.4, 0.5) is 0 Å². The summed E-state index contributed by atoms with van der Waals surface area (Å²) in [5.41, 5.74) is 0.230. The topological polar surface area (TPSA) is 89.8 Å². The van der Waals surface area contributed by atoms with Gasteiger partial charge < -0.3 is 10.1 Å². The van der Waals surface area contributed by atoms with Gasteiger partial charge in [-0.25, -0.2) is 9.78 Å². The highest BCUT2D eigenvalue weighted by molar-refractivity contribution is 7.98. The Hall–Kier alpha value is -1.87. The number of ether oxygens (including phenoxy) is 1. The molecule has 0 aliphatic rings. The van der Waals surface area contributed by atoms with Crippen molar-refractivity contribution in [3.63, 3.8) is 0 Å². The SMILES string of the molecule is COC(=O)[C@@H](CCSC)NC(=O)c1cnc2sc(C)c(C)n2c1=O. The summed E-state index contributed by atoms with van der Waals surface area (Å²) in [4.78, 5) is 42.5. The summed E-state index contributed by atoms with van der Waals surface area (Å²) in [6, 6.07) is -0.791. The summed E-state index contributed by atoms with van der Waals surface area (Å²) in [5, 5.41) is 2.57. The summed E-state index contributed by atoms with van der Waals surface area (Å²) in [7, 11) is 1.26. The number of esters is 1. The van der Waals surface area contributed by atoms with Crippen molar-refractivity contribution in [3.05, 3.63) is 32.7 Å². The molecule has 2 rings (SSSR count). The first-order valence-electron chi connectivity index (χ1n) is 7.26. The second-order valence-corrected chi connectivity index (χ2v) is 7.34. The molecule has 2 aromatic rings. The van der Waals surface area contributed by atoms with Crippen molar-refractivity contribution in [1.82, 2.24) is 14.7 Å². The average molecular weight is 369 g/mol. The number of aryl methyl sites for hydroxylation is 2. The van der Waals surface area contributed by atoms with Crippen molar-refractivity contribution in [2.75, 3.05) is 19.1 Å². The van der Waals surface area contributed by atoms with Gasteiger partial charge in [-0.1, -0.05) is 0 Å². The van der Waals surface area contributed by atoms with Crippen LogP contribution in [0.1, 0.15) is 27.3 Å². The van der Waals surface area contributed by atoms with Crippen LogP contribution in [-0.2, 0) is 9.53 Å². The fourth-order valence-corrected chi connectivity index (χ4v) is 3.60. The molecule has 0 bridgehead atoms. The quantitative estimate of drug-likeness (QED) is 0.774. The molecule has 2 heterocycles. The minimum absolute atomic E-state index is 0.0912. The number of aromatic nitrogens is 2. The monoisotopic (exact) mass is 369 g/mol. The van der Waals surface area contributed by atoms with Crippen LogP contribution >= 0.6 is 23.1 Å². The van der Waals surface area contributed by atoms with Crippen molar-refractivity contribution < 1.29 is 14.3 Å². The van der Waals surface area contributed by atoms with Gasteiger partial charge in [0, 0.05) is 16.8 Å². The molecule has 0 fully saturated rings. The van der Waals surface area contributed by atoms with Gasteiger partial charge in [-0.3, -0.25) is 14.0 Å². The normalized spacial score (nSPS) is 12.2. The number of carbonyl (C=O) groups is 2. The van der Waals surface area contributed by atoms with Crippen LogP contribution in [0.5, 0.6) is 0 Å². The van der Waals surface area contributed by atoms with E-state index in [1.807, 2.05) is 13.2 Å². The molecule has 0 radical (unpaired) electrons. The van der Waals surface area contributed by atoms with Crippen LogP contribution in [0, 0.1) is 13.8 Å². The first-order valence-corrected chi connectivity index (χ1v) is 9.47. The van der Waals surface area contributed by atoms with E-state index in [2.05, 4.69) is 10.3 Å². The lowest BCUT2D eigenvalue weighted by atomic mass is 10.2. The van der Waals surface area contributed by atoms with E-state index in [0.29, 0.717) is 17.1 Å². The first kappa shape index (κ1) is 18.5. The van der Waals surface area contributed by atoms with E-state index in [1.54, 1.807) is 18.7 Å². The van der Waals surface area contributed by atoms with Crippen molar-refractivity contribution in [3.8, 4) is 0 Å². The Morgan fingerprint density at radius 2 is 2.17 bits per heavy atom. The maximum Gasteiger partial charge on any atom is 0.328 e. The highest BCUT2D eigenvalue weighted by atomic mass is 32.2. The number of methoxy groups -OCH3 is 1. The summed E-state index contributed by atoms with van der Waals surface area (Å²) >= 11 is 2.94. The molecule has 9 heteroatoms. The van der Waals surface area contributed by atoms with Crippen molar-refractivity contribution in [2.24, 2.45) is 0 Å². The Morgan fingerprint density at radius 1 is 1.46 bits per heavy atom. The Balaban J connectivity index is 2.33. The summed E-state index contributed by atoms with van der Waals surface area (Å²) in [5.74, 6) is -0.477.